The summed E-state index contributed by atoms with van der Waals surface area (Å²) in [5.74, 6) is -1.37. The molecule has 0 unspecified atom stereocenters. The number of rotatable bonds is 5. The van der Waals surface area contributed by atoms with E-state index in [2.05, 4.69) is 16.0 Å². The lowest BCUT2D eigenvalue weighted by Crippen LogP contribution is -2.46. The number of benzene rings is 2. The highest BCUT2D eigenvalue weighted by Gasteiger charge is 2.28. The molecule has 0 saturated carbocycles. The zero-order valence-electron chi connectivity index (χ0n) is 17.1. The molecule has 1 aromatic heterocycles. The fraction of sp³-hybridized carbons (Fsp3) is 0.348. The van der Waals surface area contributed by atoms with Gasteiger partial charge in [-0.3, -0.25) is 9.88 Å². The van der Waals surface area contributed by atoms with Crippen LogP contribution in [0.3, 0.4) is 0 Å². The second-order valence-corrected chi connectivity index (χ2v) is 8.74. The molecule has 1 aliphatic heterocycles. The highest BCUT2D eigenvalue weighted by Crippen LogP contribution is 2.34. The van der Waals surface area contributed by atoms with Crippen molar-refractivity contribution in [1.29, 1.82) is 0 Å². The second kappa shape index (κ2) is 9.04. The number of thioether (sulfide) groups is 1. The summed E-state index contributed by atoms with van der Waals surface area (Å²) in [6.45, 7) is 5.14. The van der Waals surface area contributed by atoms with E-state index in [-0.39, 0.29) is 5.82 Å². The summed E-state index contributed by atoms with van der Waals surface area (Å²) in [5, 5.41) is 1.13. The van der Waals surface area contributed by atoms with Gasteiger partial charge < -0.3 is 4.90 Å². The van der Waals surface area contributed by atoms with E-state index in [9.17, 15) is 17.6 Å². The number of hydrogen-bond acceptors (Lipinski definition) is 4. The van der Waals surface area contributed by atoms with Gasteiger partial charge in [0.05, 0.1) is 17.0 Å². The molecule has 3 aromatic rings. The number of anilines is 1. The lowest BCUT2D eigenvalue weighted by Gasteiger charge is -2.36. The monoisotopic (exact) mass is 449 g/mol. The Morgan fingerprint density at radius 1 is 1.03 bits per heavy atom. The van der Waals surface area contributed by atoms with Crippen LogP contribution in [0.15, 0.2) is 53.6 Å². The minimum Gasteiger partial charge on any atom is -0.367 e. The molecule has 0 N–H and O–H groups in total. The van der Waals surface area contributed by atoms with E-state index in [4.69, 9.17) is 0 Å². The summed E-state index contributed by atoms with van der Waals surface area (Å²) < 4.78 is 52.5. The number of fused-ring (bicyclic) bond motifs is 1. The van der Waals surface area contributed by atoms with Crippen LogP contribution in [-0.2, 0) is 6.54 Å². The van der Waals surface area contributed by atoms with Crippen molar-refractivity contribution in [3.63, 3.8) is 0 Å². The van der Waals surface area contributed by atoms with Gasteiger partial charge in [-0.15, -0.1) is 11.8 Å². The number of nitrogens with zero attached hydrogens (tertiary/aromatic N) is 3. The first-order valence-corrected chi connectivity index (χ1v) is 11.1. The first-order valence-electron chi connectivity index (χ1n) is 10.1. The summed E-state index contributed by atoms with van der Waals surface area (Å²) in [7, 11) is 0. The van der Waals surface area contributed by atoms with Crippen LogP contribution in [0.4, 0.5) is 23.2 Å². The predicted octanol–water partition coefficient (Wildman–Crippen LogP) is 5.66. The van der Waals surface area contributed by atoms with Crippen molar-refractivity contribution in [2.45, 2.75) is 24.5 Å². The molecule has 164 valence electrons. The topological polar surface area (TPSA) is 19.4 Å². The number of piperazine rings is 1. The normalized spacial score (nSPS) is 15.6. The van der Waals surface area contributed by atoms with Crippen LogP contribution in [0.5, 0.6) is 0 Å². The van der Waals surface area contributed by atoms with Gasteiger partial charge in [0.2, 0.25) is 0 Å². The molecule has 0 atom stereocenters. The average Bonchev–Trinajstić information content (AvgIpc) is 2.73. The Bertz CT molecular complexity index is 1060. The molecule has 0 radical (unpaired) electrons. The minimum atomic E-state index is -4.26. The van der Waals surface area contributed by atoms with E-state index in [1.54, 1.807) is 13.0 Å². The van der Waals surface area contributed by atoms with Gasteiger partial charge in [-0.2, -0.15) is 13.2 Å². The Morgan fingerprint density at radius 3 is 2.52 bits per heavy atom. The predicted molar refractivity (Wildman–Crippen MR) is 117 cm³/mol. The minimum absolute atomic E-state index is 0.379. The molecule has 1 saturated heterocycles. The van der Waals surface area contributed by atoms with Gasteiger partial charge in [0, 0.05) is 49.2 Å². The van der Waals surface area contributed by atoms with Crippen LogP contribution >= 0.6 is 11.8 Å². The van der Waals surface area contributed by atoms with Gasteiger partial charge in [0.25, 0.3) is 0 Å². The Morgan fingerprint density at radius 2 is 1.77 bits per heavy atom. The van der Waals surface area contributed by atoms with Crippen LogP contribution in [-0.4, -0.2) is 48.0 Å². The Kier molecular flexibility index (Phi) is 6.39. The third-order valence-corrected chi connectivity index (χ3v) is 6.70. The summed E-state index contributed by atoms with van der Waals surface area (Å²) in [4.78, 5) is 9.11. The van der Waals surface area contributed by atoms with Crippen molar-refractivity contribution in [3.05, 3.63) is 65.6 Å². The molecular weight excluding hydrogens is 426 g/mol. The maximum atomic E-state index is 14.6. The largest absolute Gasteiger partial charge is 0.398 e. The zero-order chi connectivity index (χ0) is 22.0. The number of halogens is 4. The number of aromatic nitrogens is 1. The molecule has 0 bridgehead atoms. The molecule has 0 aliphatic carbocycles. The summed E-state index contributed by atoms with van der Waals surface area (Å²) in [6.07, 6.45) is -2.44. The van der Waals surface area contributed by atoms with Crippen molar-refractivity contribution in [1.82, 2.24) is 9.88 Å². The Balaban J connectivity index is 1.43. The van der Waals surface area contributed by atoms with Crippen molar-refractivity contribution in [3.8, 4) is 0 Å². The number of aryl methyl sites for hydroxylation is 1. The van der Waals surface area contributed by atoms with E-state index >= 15 is 0 Å². The van der Waals surface area contributed by atoms with Crippen molar-refractivity contribution < 1.29 is 17.6 Å². The second-order valence-electron chi connectivity index (χ2n) is 7.72. The third-order valence-electron chi connectivity index (χ3n) is 5.48. The third kappa shape index (κ3) is 5.30. The lowest BCUT2D eigenvalue weighted by molar-refractivity contribution is -0.105. The zero-order valence-corrected chi connectivity index (χ0v) is 17.9. The first kappa shape index (κ1) is 21.9. The molecule has 2 heterocycles. The van der Waals surface area contributed by atoms with Crippen LogP contribution < -0.4 is 4.90 Å². The van der Waals surface area contributed by atoms with Crippen molar-refractivity contribution >= 4 is 28.4 Å². The molecule has 0 amide bonds. The van der Waals surface area contributed by atoms with E-state index in [0.717, 1.165) is 30.5 Å². The molecule has 31 heavy (non-hydrogen) atoms. The molecule has 2 aromatic carbocycles. The molecule has 8 heteroatoms. The summed E-state index contributed by atoms with van der Waals surface area (Å²) in [6, 6.07) is 12.9. The molecule has 4 rings (SSSR count). The quantitative estimate of drug-likeness (QED) is 0.370. The smallest absolute Gasteiger partial charge is 0.367 e. The maximum Gasteiger partial charge on any atom is 0.398 e. The van der Waals surface area contributed by atoms with Gasteiger partial charge in [-0.25, -0.2) is 4.39 Å². The van der Waals surface area contributed by atoms with Gasteiger partial charge in [0.15, 0.2) is 0 Å². The number of hydrogen-bond donors (Lipinski definition) is 0. The van der Waals surface area contributed by atoms with E-state index in [1.165, 1.54) is 11.6 Å². The highest BCUT2D eigenvalue weighted by molar-refractivity contribution is 7.99. The fourth-order valence-electron chi connectivity index (χ4n) is 3.88. The maximum absolute atomic E-state index is 14.6. The number of para-hydroxylation sites is 1. The summed E-state index contributed by atoms with van der Waals surface area (Å²) in [5.41, 5.74) is 3.07. The van der Waals surface area contributed by atoms with E-state index < -0.39 is 11.9 Å². The van der Waals surface area contributed by atoms with Crippen LogP contribution in [0.1, 0.15) is 11.1 Å². The lowest BCUT2D eigenvalue weighted by atomic mass is 10.1. The summed E-state index contributed by atoms with van der Waals surface area (Å²) >= 11 is 0.710. The van der Waals surface area contributed by atoms with Crippen molar-refractivity contribution in [2.24, 2.45) is 0 Å². The SMILES string of the molecule is Cc1cc(F)c(N2CCN(Cc3ccnc4ccccc34)CC2)cc1SCC(F)(F)F. The Hall–Kier alpha value is -2.32. The first-order chi connectivity index (χ1) is 14.8. The molecular formula is C23H23F4N3S. The fourth-order valence-corrected chi connectivity index (χ4v) is 4.68. The number of pyridine rings is 1. The molecule has 1 fully saturated rings. The average molecular weight is 450 g/mol. The van der Waals surface area contributed by atoms with E-state index in [1.807, 2.05) is 35.4 Å². The number of alkyl halides is 3. The Labute approximate surface area is 183 Å². The van der Waals surface area contributed by atoms with Gasteiger partial charge in [-0.1, -0.05) is 18.2 Å². The molecule has 3 nitrogen and oxygen atoms in total. The van der Waals surface area contributed by atoms with Crippen molar-refractivity contribution in [2.75, 3.05) is 36.8 Å². The molecule has 0 spiro atoms. The van der Waals surface area contributed by atoms with Gasteiger partial charge >= 0.3 is 6.18 Å². The van der Waals surface area contributed by atoms with Crippen LogP contribution in [0.25, 0.3) is 10.9 Å². The highest BCUT2D eigenvalue weighted by atomic mass is 32.2. The van der Waals surface area contributed by atoms with Gasteiger partial charge in [-0.05, 0) is 42.3 Å². The van der Waals surface area contributed by atoms with E-state index in [0.29, 0.717) is 41.0 Å². The van der Waals surface area contributed by atoms with Crippen LogP contribution in [0, 0.1) is 12.7 Å². The van der Waals surface area contributed by atoms with Gasteiger partial charge in [0.1, 0.15) is 5.82 Å². The standard InChI is InChI=1S/C23H23F4N3S/c1-16-12-19(24)21(13-22(16)31-15-23(25,26)27)30-10-8-29(9-11-30)14-17-6-7-28-20-5-3-2-4-18(17)20/h2-7,12-13H,8-11,14-15H2,1H3. The van der Waals surface area contributed by atoms with Crippen LogP contribution in [0.2, 0.25) is 0 Å². The molecule has 1 aliphatic rings.